The van der Waals surface area contributed by atoms with Gasteiger partial charge >= 0.3 is 0 Å². The largest absolute Gasteiger partial charge is 0.493 e. The molecule has 0 saturated carbocycles. The molecule has 140 valence electrons. The van der Waals surface area contributed by atoms with Crippen LogP contribution in [0.5, 0.6) is 11.5 Å². The number of ether oxygens (including phenoxy) is 2. The van der Waals surface area contributed by atoms with Crippen molar-refractivity contribution in [3.8, 4) is 11.5 Å². The molecule has 1 aliphatic heterocycles. The summed E-state index contributed by atoms with van der Waals surface area (Å²) in [7, 11) is 4.49. The van der Waals surface area contributed by atoms with Crippen LogP contribution in [0.2, 0.25) is 5.02 Å². The van der Waals surface area contributed by atoms with Gasteiger partial charge < -0.3 is 14.8 Å². The van der Waals surface area contributed by atoms with Crippen molar-refractivity contribution in [2.75, 3.05) is 26.6 Å². The monoisotopic (exact) mass is 386 g/mol. The molecule has 0 aliphatic carbocycles. The number of rotatable bonds is 5. The molecule has 1 aliphatic rings. The van der Waals surface area contributed by atoms with Crippen molar-refractivity contribution >= 4 is 34.7 Å². The van der Waals surface area contributed by atoms with Crippen molar-refractivity contribution in [2.45, 2.75) is 6.92 Å². The summed E-state index contributed by atoms with van der Waals surface area (Å²) in [5, 5.41) is 3.62. The normalized spacial score (nSPS) is 14.0. The zero-order chi connectivity index (χ0) is 19.7. The van der Waals surface area contributed by atoms with Gasteiger partial charge in [0.15, 0.2) is 11.5 Å². The first-order valence-electron chi connectivity index (χ1n) is 8.19. The fourth-order valence-corrected chi connectivity index (χ4v) is 3.05. The Hall–Kier alpha value is -2.99. The van der Waals surface area contributed by atoms with Crippen LogP contribution >= 0.6 is 11.6 Å². The number of methoxy groups -OCH3 is 2. The molecule has 2 aromatic rings. The van der Waals surface area contributed by atoms with Crippen molar-refractivity contribution in [2.24, 2.45) is 0 Å². The Morgan fingerprint density at radius 3 is 2.33 bits per heavy atom. The molecule has 0 saturated heterocycles. The van der Waals surface area contributed by atoms with Gasteiger partial charge in [-0.1, -0.05) is 23.7 Å². The summed E-state index contributed by atoms with van der Waals surface area (Å²) in [4.78, 5) is 26.5. The number of halogens is 1. The molecule has 7 heteroatoms. The van der Waals surface area contributed by atoms with E-state index >= 15 is 0 Å². The van der Waals surface area contributed by atoms with Gasteiger partial charge in [-0.2, -0.15) is 0 Å². The minimum absolute atomic E-state index is 0.195. The van der Waals surface area contributed by atoms with Gasteiger partial charge in [0.25, 0.3) is 11.8 Å². The summed E-state index contributed by atoms with van der Waals surface area (Å²) in [6, 6.07) is 10.4. The Morgan fingerprint density at radius 1 is 0.963 bits per heavy atom. The summed E-state index contributed by atoms with van der Waals surface area (Å²) >= 11 is 6.07. The van der Waals surface area contributed by atoms with Gasteiger partial charge in [-0.05, 0) is 42.3 Å². The number of aryl methyl sites for hydroxylation is 1. The predicted octanol–water partition coefficient (Wildman–Crippen LogP) is 3.49. The van der Waals surface area contributed by atoms with Gasteiger partial charge in [0.1, 0.15) is 5.70 Å². The predicted molar refractivity (Wildman–Crippen MR) is 104 cm³/mol. The fraction of sp³-hybridized carbons (Fsp3) is 0.200. The van der Waals surface area contributed by atoms with Crippen molar-refractivity contribution < 1.29 is 19.1 Å². The Kier molecular flexibility index (Phi) is 5.10. The van der Waals surface area contributed by atoms with Crippen LogP contribution < -0.4 is 14.8 Å². The Labute approximate surface area is 162 Å². The average Bonchev–Trinajstić information content (AvgIpc) is 2.88. The van der Waals surface area contributed by atoms with Crippen molar-refractivity contribution in [1.29, 1.82) is 0 Å². The molecular weight excluding hydrogens is 368 g/mol. The number of anilines is 1. The first-order chi connectivity index (χ1) is 12.9. The molecule has 0 bridgehead atoms. The number of hydrogen-bond donors (Lipinski definition) is 1. The molecule has 0 aromatic heterocycles. The second-order valence-electron chi connectivity index (χ2n) is 6.07. The van der Waals surface area contributed by atoms with Crippen LogP contribution in [-0.4, -0.2) is 38.0 Å². The average molecular weight is 387 g/mol. The summed E-state index contributed by atoms with van der Waals surface area (Å²) in [5.41, 5.74) is 2.57. The molecule has 2 aromatic carbocycles. The number of carbonyl (C=O) groups is 2. The van der Waals surface area contributed by atoms with Crippen LogP contribution in [0.25, 0.3) is 5.57 Å². The lowest BCUT2D eigenvalue weighted by molar-refractivity contribution is -0.135. The standard InChI is InChI=1S/C20H19ClN2O4/c1-11-5-7-13(21)10-14(11)22-18-17(19(24)23(2)20(18)25)12-6-8-15(26-3)16(9-12)27-4/h5-10,22H,1-4H3. The second-order valence-corrected chi connectivity index (χ2v) is 6.51. The van der Waals surface area contributed by atoms with Crippen LogP contribution in [0.4, 0.5) is 5.69 Å². The molecule has 27 heavy (non-hydrogen) atoms. The van der Waals surface area contributed by atoms with Gasteiger partial charge in [-0.15, -0.1) is 0 Å². The van der Waals surface area contributed by atoms with Gasteiger partial charge in [0, 0.05) is 17.8 Å². The van der Waals surface area contributed by atoms with E-state index in [0.29, 0.717) is 27.8 Å². The first-order valence-corrected chi connectivity index (χ1v) is 8.57. The van der Waals surface area contributed by atoms with Crippen LogP contribution in [-0.2, 0) is 9.59 Å². The second kappa shape index (κ2) is 7.32. The van der Waals surface area contributed by atoms with Crippen LogP contribution in [0, 0.1) is 6.92 Å². The first kappa shape index (κ1) is 18.8. The summed E-state index contributed by atoms with van der Waals surface area (Å²) in [6.07, 6.45) is 0. The summed E-state index contributed by atoms with van der Waals surface area (Å²) in [6.45, 7) is 1.89. The van der Waals surface area contributed by atoms with E-state index in [-0.39, 0.29) is 11.3 Å². The molecule has 1 N–H and O–H groups in total. The summed E-state index contributed by atoms with van der Waals surface area (Å²) in [5.74, 6) is 0.196. The number of nitrogens with one attached hydrogen (secondary N) is 1. The maximum absolute atomic E-state index is 12.7. The highest BCUT2D eigenvalue weighted by Gasteiger charge is 2.37. The van der Waals surface area contributed by atoms with Gasteiger partial charge in [0.05, 0.1) is 19.8 Å². The number of benzene rings is 2. The highest BCUT2D eigenvalue weighted by molar-refractivity contribution is 6.36. The van der Waals surface area contributed by atoms with Gasteiger partial charge in [-0.3, -0.25) is 14.5 Å². The van der Waals surface area contributed by atoms with Gasteiger partial charge in [-0.25, -0.2) is 0 Å². The number of amides is 2. The lowest BCUT2D eigenvalue weighted by Crippen LogP contribution is -2.28. The molecule has 2 amide bonds. The summed E-state index contributed by atoms with van der Waals surface area (Å²) < 4.78 is 10.6. The third-order valence-electron chi connectivity index (χ3n) is 4.42. The molecule has 0 fully saturated rings. The molecule has 0 spiro atoms. The Balaban J connectivity index is 2.14. The topological polar surface area (TPSA) is 67.9 Å². The maximum atomic E-state index is 12.7. The number of imide groups is 1. The Bertz CT molecular complexity index is 968. The minimum atomic E-state index is -0.413. The molecular formula is C20H19ClN2O4. The van der Waals surface area contributed by atoms with Crippen LogP contribution in [0.3, 0.4) is 0 Å². The quantitative estimate of drug-likeness (QED) is 0.797. The molecule has 0 radical (unpaired) electrons. The van der Waals surface area contributed by atoms with Gasteiger partial charge in [0.2, 0.25) is 0 Å². The Morgan fingerprint density at radius 2 is 1.67 bits per heavy atom. The molecule has 1 heterocycles. The van der Waals surface area contributed by atoms with Crippen molar-refractivity contribution in [1.82, 2.24) is 4.90 Å². The van der Waals surface area contributed by atoms with E-state index in [1.54, 1.807) is 30.3 Å². The third kappa shape index (κ3) is 3.36. The zero-order valence-corrected chi connectivity index (χ0v) is 16.2. The maximum Gasteiger partial charge on any atom is 0.277 e. The lowest BCUT2D eigenvalue weighted by Gasteiger charge is -2.12. The SMILES string of the molecule is COc1ccc(C2=C(Nc3cc(Cl)ccc3C)C(=O)N(C)C2=O)cc1OC. The minimum Gasteiger partial charge on any atom is -0.493 e. The smallest absolute Gasteiger partial charge is 0.277 e. The van der Waals surface area contributed by atoms with E-state index in [1.807, 2.05) is 13.0 Å². The van der Waals surface area contributed by atoms with Crippen LogP contribution in [0.15, 0.2) is 42.1 Å². The molecule has 6 nitrogen and oxygen atoms in total. The number of nitrogens with zero attached hydrogens (tertiary/aromatic N) is 1. The number of likely N-dealkylation sites (N-methyl/N-ethyl adjacent to an activating group) is 1. The zero-order valence-electron chi connectivity index (χ0n) is 15.4. The van der Waals surface area contributed by atoms with E-state index in [9.17, 15) is 9.59 Å². The van der Waals surface area contributed by atoms with E-state index in [1.165, 1.54) is 21.3 Å². The molecule has 3 rings (SSSR count). The lowest BCUT2D eigenvalue weighted by atomic mass is 10.0. The van der Waals surface area contributed by atoms with Crippen molar-refractivity contribution in [3.05, 3.63) is 58.2 Å². The van der Waals surface area contributed by atoms with Crippen LogP contribution in [0.1, 0.15) is 11.1 Å². The van der Waals surface area contributed by atoms with E-state index < -0.39 is 11.8 Å². The van der Waals surface area contributed by atoms with E-state index in [4.69, 9.17) is 21.1 Å². The van der Waals surface area contributed by atoms with E-state index in [2.05, 4.69) is 5.32 Å². The number of carbonyl (C=O) groups excluding carboxylic acids is 2. The number of hydrogen-bond acceptors (Lipinski definition) is 5. The third-order valence-corrected chi connectivity index (χ3v) is 4.65. The highest BCUT2D eigenvalue weighted by Crippen LogP contribution is 2.35. The van der Waals surface area contributed by atoms with E-state index in [0.717, 1.165) is 10.5 Å². The fourth-order valence-electron chi connectivity index (χ4n) is 2.88. The molecule has 0 unspecified atom stereocenters. The van der Waals surface area contributed by atoms with Crippen molar-refractivity contribution in [3.63, 3.8) is 0 Å². The molecule has 0 atom stereocenters. The highest BCUT2D eigenvalue weighted by atomic mass is 35.5.